The molecular formula is C17H23N5O. The second-order valence-corrected chi connectivity index (χ2v) is 5.45. The second-order valence-electron chi connectivity index (χ2n) is 5.45. The highest BCUT2D eigenvalue weighted by atomic mass is 16.2. The number of nitrogens with one attached hydrogen (secondary N) is 2. The Labute approximate surface area is 136 Å². The summed E-state index contributed by atoms with van der Waals surface area (Å²) in [5.74, 6) is 0.660. The van der Waals surface area contributed by atoms with Crippen molar-refractivity contribution in [2.75, 3.05) is 6.54 Å². The standard InChI is InChI=1S/C17H23N5O/c1-4-5-8-19-17(23)22-13(3)15-11-20-16(21-12(15)2)14-6-9-18-10-7-14/h6-7,9-11,13H,4-5,8H2,1-3H3,(H2,19,22,23)/t13-/m1/s1. The number of carbonyl (C=O) groups is 1. The lowest BCUT2D eigenvalue weighted by Crippen LogP contribution is -2.37. The summed E-state index contributed by atoms with van der Waals surface area (Å²) in [6.07, 6.45) is 7.23. The van der Waals surface area contributed by atoms with Crippen molar-refractivity contribution in [1.29, 1.82) is 0 Å². The number of amides is 2. The maximum Gasteiger partial charge on any atom is 0.315 e. The number of nitrogens with zero attached hydrogens (tertiary/aromatic N) is 3. The number of pyridine rings is 1. The predicted octanol–water partition coefficient (Wildman–Crippen LogP) is 3.01. The van der Waals surface area contributed by atoms with Gasteiger partial charge in [-0.25, -0.2) is 14.8 Å². The predicted molar refractivity (Wildman–Crippen MR) is 89.9 cm³/mol. The number of unbranched alkanes of at least 4 members (excludes halogenated alkanes) is 1. The van der Waals surface area contributed by atoms with Crippen LogP contribution in [0.5, 0.6) is 0 Å². The van der Waals surface area contributed by atoms with Crippen LogP contribution in [0.3, 0.4) is 0 Å². The Morgan fingerprint density at radius 1 is 1.30 bits per heavy atom. The fourth-order valence-electron chi connectivity index (χ4n) is 2.25. The molecule has 0 saturated carbocycles. The molecule has 2 rings (SSSR count). The van der Waals surface area contributed by atoms with Crippen molar-refractivity contribution in [2.24, 2.45) is 0 Å². The Kier molecular flexibility index (Phi) is 6.02. The van der Waals surface area contributed by atoms with Gasteiger partial charge in [-0.15, -0.1) is 0 Å². The maximum absolute atomic E-state index is 11.8. The molecule has 0 aliphatic carbocycles. The number of carbonyl (C=O) groups excluding carboxylic acids is 1. The van der Waals surface area contributed by atoms with Gasteiger partial charge in [-0.05, 0) is 32.4 Å². The highest BCUT2D eigenvalue weighted by molar-refractivity contribution is 5.74. The van der Waals surface area contributed by atoms with Crippen molar-refractivity contribution < 1.29 is 4.79 Å². The number of rotatable bonds is 6. The number of urea groups is 1. The normalized spacial score (nSPS) is 11.8. The number of aromatic nitrogens is 3. The smallest absolute Gasteiger partial charge is 0.315 e. The topological polar surface area (TPSA) is 79.8 Å². The molecule has 0 spiro atoms. The van der Waals surface area contributed by atoms with Crippen molar-refractivity contribution in [1.82, 2.24) is 25.6 Å². The summed E-state index contributed by atoms with van der Waals surface area (Å²) >= 11 is 0. The molecule has 0 fully saturated rings. The van der Waals surface area contributed by atoms with Crippen LogP contribution in [0.2, 0.25) is 0 Å². The molecular weight excluding hydrogens is 290 g/mol. The van der Waals surface area contributed by atoms with Gasteiger partial charge in [0.2, 0.25) is 0 Å². The van der Waals surface area contributed by atoms with E-state index in [1.54, 1.807) is 18.6 Å². The lowest BCUT2D eigenvalue weighted by atomic mass is 10.1. The van der Waals surface area contributed by atoms with E-state index in [4.69, 9.17) is 0 Å². The monoisotopic (exact) mass is 313 g/mol. The number of hydrogen-bond donors (Lipinski definition) is 2. The lowest BCUT2D eigenvalue weighted by molar-refractivity contribution is 0.237. The van der Waals surface area contributed by atoms with E-state index in [9.17, 15) is 4.79 Å². The van der Waals surface area contributed by atoms with Crippen LogP contribution >= 0.6 is 0 Å². The van der Waals surface area contributed by atoms with E-state index in [0.29, 0.717) is 12.4 Å². The average molecular weight is 313 g/mol. The Balaban J connectivity index is 2.04. The summed E-state index contributed by atoms with van der Waals surface area (Å²) in [5, 5.41) is 5.76. The first-order valence-corrected chi connectivity index (χ1v) is 7.90. The maximum atomic E-state index is 11.8. The summed E-state index contributed by atoms with van der Waals surface area (Å²) < 4.78 is 0. The highest BCUT2D eigenvalue weighted by Gasteiger charge is 2.14. The number of hydrogen-bond acceptors (Lipinski definition) is 4. The molecule has 1 atom stereocenters. The Morgan fingerprint density at radius 2 is 2.04 bits per heavy atom. The highest BCUT2D eigenvalue weighted by Crippen LogP contribution is 2.19. The summed E-state index contributed by atoms with van der Waals surface area (Å²) in [6.45, 7) is 6.63. The van der Waals surface area contributed by atoms with E-state index >= 15 is 0 Å². The van der Waals surface area contributed by atoms with E-state index in [0.717, 1.165) is 29.7 Å². The van der Waals surface area contributed by atoms with Crippen molar-refractivity contribution in [3.05, 3.63) is 42.0 Å². The minimum atomic E-state index is -0.163. The minimum Gasteiger partial charge on any atom is -0.338 e. The van der Waals surface area contributed by atoms with Crippen LogP contribution in [0.15, 0.2) is 30.7 Å². The van der Waals surface area contributed by atoms with Gasteiger partial charge in [0.05, 0.1) is 6.04 Å². The molecule has 0 aromatic carbocycles. The van der Waals surface area contributed by atoms with Crippen LogP contribution in [0, 0.1) is 6.92 Å². The van der Waals surface area contributed by atoms with Gasteiger partial charge in [-0.2, -0.15) is 0 Å². The zero-order valence-corrected chi connectivity index (χ0v) is 13.8. The Bertz CT molecular complexity index is 645. The molecule has 0 aliphatic rings. The third-order valence-corrected chi connectivity index (χ3v) is 3.59. The van der Waals surface area contributed by atoms with Gasteiger partial charge in [-0.3, -0.25) is 4.98 Å². The summed E-state index contributed by atoms with van der Waals surface area (Å²) in [7, 11) is 0. The van der Waals surface area contributed by atoms with E-state index in [1.807, 2.05) is 26.0 Å². The summed E-state index contributed by atoms with van der Waals surface area (Å²) in [4.78, 5) is 24.8. The van der Waals surface area contributed by atoms with Crippen LogP contribution in [0.1, 0.15) is 44.0 Å². The molecule has 2 aromatic heterocycles. The van der Waals surface area contributed by atoms with Gasteiger partial charge < -0.3 is 10.6 Å². The molecule has 0 bridgehead atoms. The van der Waals surface area contributed by atoms with Gasteiger partial charge in [0, 0.05) is 42.0 Å². The number of aryl methyl sites for hydroxylation is 1. The molecule has 6 heteroatoms. The van der Waals surface area contributed by atoms with Gasteiger partial charge in [0.1, 0.15) is 0 Å². The van der Waals surface area contributed by atoms with Crippen LogP contribution in [-0.4, -0.2) is 27.5 Å². The van der Waals surface area contributed by atoms with Crippen LogP contribution < -0.4 is 10.6 Å². The molecule has 2 aromatic rings. The minimum absolute atomic E-state index is 0.150. The third kappa shape index (κ3) is 4.74. The largest absolute Gasteiger partial charge is 0.338 e. The molecule has 0 aliphatic heterocycles. The van der Waals surface area contributed by atoms with Gasteiger partial charge in [0.25, 0.3) is 0 Å². The zero-order valence-electron chi connectivity index (χ0n) is 13.8. The lowest BCUT2D eigenvalue weighted by Gasteiger charge is -2.16. The first-order chi connectivity index (χ1) is 11.1. The summed E-state index contributed by atoms with van der Waals surface area (Å²) in [6, 6.07) is 3.43. The molecule has 2 amide bonds. The van der Waals surface area contributed by atoms with Gasteiger partial charge in [-0.1, -0.05) is 13.3 Å². The van der Waals surface area contributed by atoms with Gasteiger partial charge >= 0.3 is 6.03 Å². The van der Waals surface area contributed by atoms with Crippen LogP contribution in [0.25, 0.3) is 11.4 Å². The Hall–Kier alpha value is -2.50. The van der Waals surface area contributed by atoms with Crippen molar-refractivity contribution >= 4 is 6.03 Å². The molecule has 2 N–H and O–H groups in total. The van der Waals surface area contributed by atoms with E-state index < -0.39 is 0 Å². The van der Waals surface area contributed by atoms with E-state index in [1.165, 1.54) is 0 Å². The fraction of sp³-hybridized carbons (Fsp3) is 0.412. The molecule has 0 saturated heterocycles. The summed E-state index contributed by atoms with van der Waals surface area (Å²) in [5.41, 5.74) is 2.69. The fourth-order valence-corrected chi connectivity index (χ4v) is 2.25. The molecule has 6 nitrogen and oxygen atoms in total. The van der Waals surface area contributed by atoms with Crippen LogP contribution in [-0.2, 0) is 0 Å². The van der Waals surface area contributed by atoms with Crippen molar-refractivity contribution in [2.45, 2.75) is 39.7 Å². The molecule has 2 heterocycles. The second kappa shape index (κ2) is 8.22. The Morgan fingerprint density at radius 3 is 2.70 bits per heavy atom. The van der Waals surface area contributed by atoms with Crippen molar-refractivity contribution in [3.63, 3.8) is 0 Å². The molecule has 23 heavy (non-hydrogen) atoms. The molecule has 0 unspecified atom stereocenters. The average Bonchev–Trinajstić information content (AvgIpc) is 2.55. The van der Waals surface area contributed by atoms with Crippen LogP contribution in [0.4, 0.5) is 4.79 Å². The first kappa shape index (κ1) is 16.9. The van der Waals surface area contributed by atoms with E-state index in [-0.39, 0.29) is 12.1 Å². The molecule has 122 valence electrons. The molecule has 0 radical (unpaired) electrons. The zero-order chi connectivity index (χ0) is 16.7. The SMILES string of the molecule is CCCCNC(=O)N[C@H](C)c1cnc(-c2ccncc2)nc1C. The van der Waals surface area contributed by atoms with Gasteiger partial charge in [0.15, 0.2) is 5.82 Å². The third-order valence-electron chi connectivity index (χ3n) is 3.59. The van der Waals surface area contributed by atoms with E-state index in [2.05, 4.69) is 32.5 Å². The first-order valence-electron chi connectivity index (χ1n) is 7.90. The quantitative estimate of drug-likeness (QED) is 0.803. The van der Waals surface area contributed by atoms with Crippen molar-refractivity contribution in [3.8, 4) is 11.4 Å².